The number of benzene rings is 2. The van der Waals surface area contributed by atoms with Gasteiger partial charge in [0.15, 0.2) is 11.9 Å². The zero-order valence-corrected chi connectivity index (χ0v) is 14.8. The molecule has 6 nitrogen and oxygen atoms in total. The summed E-state index contributed by atoms with van der Waals surface area (Å²) in [6.45, 7) is 0.171. The molecule has 2 aromatic carbocycles. The fraction of sp³-hybridized carbons (Fsp3) is 0.286. The lowest BCUT2D eigenvalue weighted by Gasteiger charge is -2.28. The molecule has 1 fully saturated rings. The Morgan fingerprint density at radius 3 is 2.37 bits per heavy atom. The summed E-state index contributed by atoms with van der Waals surface area (Å²) in [6.07, 6.45) is -0.412. The first-order valence-electron chi connectivity index (χ1n) is 8.88. The fourth-order valence-electron chi connectivity index (χ4n) is 2.93. The highest BCUT2D eigenvalue weighted by molar-refractivity contribution is 5.93. The van der Waals surface area contributed by atoms with Crippen molar-refractivity contribution in [1.82, 2.24) is 5.32 Å². The van der Waals surface area contributed by atoms with Crippen LogP contribution in [-0.2, 0) is 20.9 Å². The van der Waals surface area contributed by atoms with Crippen LogP contribution in [0.4, 0.5) is 4.79 Å². The molecule has 1 saturated carbocycles. The van der Waals surface area contributed by atoms with Gasteiger partial charge in [0.05, 0.1) is 5.56 Å². The van der Waals surface area contributed by atoms with Crippen LogP contribution in [0.3, 0.4) is 0 Å². The van der Waals surface area contributed by atoms with Gasteiger partial charge in [-0.3, -0.25) is 4.79 Å². The van der Waals surface area contributed by atoms with E-state index in [1.165, 1.54) is 0 Å². The summed E-state index contributed by atoms with van der Waals surface area (Å²) in [5.41, 5.74) is 1.28. The molecule has 1 aliphatic rings. The summed E-state index contributed by atoms with van der Waals surface area (Å²) in [4.78, 5) is 36.2. The molecule has 0 unspecified atom stereocenters. The molecule has 140 valence electrons. The summed E-state index contributed by atoms with van der Waals surface area (Å²) >= 11 is 0. The third-order valence-electron chi connectivity index (χ3n) is 4.39. The second kappa shape index (κ2) is 8.98. The Balaban J connectivity index is 1.50. The number of carbonyl (C=O) groups excluding carboxylic acids is 3. The molecule has 1 aliphatic carbocycles. The predicted molar refractivity (Wildman–Crippen MR) is 98.1 cm³/mol. The number of hydrogen-bond acceptors (Lipinski definition) is 5. The Hall–Kier alpha value is -3.15. The van der Waals surface area contributed by atoms with Crippen molar-refractivity contribution in [3.63, 3.8) is 0 Å². The van der Waals surface area contributed by atoms with Crippen molar-refractivity contribution in [2.75, 3.05) is 0 Å². The highest BCUT2D eigenvalue weighted by atomic mass is 16.6. The number of ether oxygens (including phenoxy) is 2. The molecule has 3 rings (SSSR count). The van der Waals surface area contributed by atoms with Crippen molar-refractivity contribution in [3.8, 4) is 0 Å². The number of amides is 1. The van der Waals surface area contributed by atoms with Gasteiger partial charge in [-0.25, -0.2) is 9.59 Å². The molecule has 0 heterocycles. The smallest absolute Gasteiger partial charge is 0.407 e. The van der Waals surface area contributed by atoms with Gasteiger partial charge in [0.2, 0.25) is 0 Å². The highest BCUT2D eigenvalue weighted by Gasteiger charge is 2.32. The molecular formula is C21H21NO5. The van der Waals surface area contributed by atoms with Crippen LogP contribution in [0.5, 0.6) is 0 Å². The molecule has 27 heavy (non-hydrogen) atoms. The van der Waals surface area contributed by atoms with Gasteiger partial charge in [0, 0.05) is 18.9 Å². The first-order chi connectivity index (χ1) is 13.1. The van der Waals surface area contributed by atoms with Gasteiger partial charge in [0.1, 0.15) is 6.61 Å². The molecule has 0 aromatic heterocycles. The number of ketones is 1. The van der Waals surface area contributed by atoms with Crippen molar-refractivity contribution in [3.05, 3.63) is 71.8 Å². The normalized spacial score (nSPS) is 19.2. The van der Waals surface area contributed by atoms with Crippen LogP contribution in [0, 0.1) is 0 Å². The lowest BCUT2D eigenvalue weighted by Crippen LogP contribution is -2.44. The number of nitrogens with one attached hydrogen (secondary N) is 1. The van der Waals surface area contributed by atoms with Crippen molar-refractivity contribution >= 4 is 17.8 Å². The third kappa shape index (κ3) is 5.41. The van der Waals surface area contributed by atoms with Crippen molar-refractivity contribution in [1.29, 1.82) is 0 Å². The molecule has 0 aliphatic heterocycles. The van der Waals surface area contributed by atoms with Crippen LogP contribution in [0.2, 0.25) is 0 Å². The minimum absolute atomic E-state index is 0.130. The fourth-order valence-corrected chi connectivity index (χ4v) is 2.93. The van der Waals surface area contributed by atoms with Gasteiger partial charge >= 0.3 is 12.1 Å². The molecule has 0 radical (unpaired) electrons. The maximum Gasteiger partial charge on any atom is 0.407 e. The zero-order chi connectivity index (χ0) is 19.1. The number of hydrogen-bond donors (Lipinski definition) is 1. The molecule has 2 atom stereocenters. The van der Waals surface area contributed by atoms with Gasteiger partial charge in [-0.05, 0) is 24.1 Å². The van der Waals surface area contributed by atoms with Crippen molar-refractivity contribution < 1.29 is 23.9 Å². The van der Waals surface area contributed by atoms with E-state index in [1.807, 2.05) is 30.3 Å². The standard InChI is InChI=1S/C21H21NO5/c23-18-12-11-17(22-21(25)26-14-15-7-3-1-4-8-15)13-19(18)27-20(24)16-9-5-2-6-10-16/h1-10,17,19H,11-14H2,(H,22,25)/t17-,19-/m0/s1. The van der Waals surface area contributed by atoms with Crippen molar-refractivity contribution in [2.24, 2.45) is 0 Å². The van der Waals surface area contributed by atoms with E-state index in [0.717, 1.165) is 5.56 Å². The topological polar surface area (TPSA) is 81.7 Å². The van der Waals surface area contributed by atoms with Crippen LogP contribution in [0.25, 0.3) is 0 Å². The van der Waals surface area contributed by atoms with E-state index in [9.17, 15) is 14.4 Å². The molecule has 1 amide bonds. The van der Waals surface area contributed by atoms with E-state index in [4.69, 9.17) is 9.47 Å². The molecule has 1 N–H and O–H groups in total. The van der Waals surface area contributed by atoms with E-state index in [0.29, 0.717) is 12.0 Å². The molecular weight excluding hydrogens is 346 g/mol. The minimum Gasteiger partial charge on any atom is -0.451 e. The van der Waals surface area contributed by atoms with Gasteiger partial charge in [-0.15, -0.1) is 0 Å². The quantitative estimate of drug-likeness (QED) is 0.821. The second-order valence-corrected chi connectivity index (χ2v) is 6.40. The minimum atomic E-state index is -0.856. The van der Waals surface area contributed by atoms with Crippen molar-refractivity contribution in [2.45, 2.75) is 38.0 Å². The number of rotatable bonds is 5. The Morgan fingerprint density at radius 2 is 1.67 bits per heavy atom. The largest absolute Gasteiger partial charge is 0.451 e. The summed E-state index contributed by atoms with van der Waals surface area (Å²) in [5, 5.41) is 2.75. The predicted octanol–water partition coefficient (Wildman–Crippen LogP) is 3.26. The van der Waals surface area contributed by atoms with E-state index in [2.05, 4.69) is 5.32 Å². The van der Waals surface area contributed by atoms with Gasteiger partial charge in [-0.1, -0.05) is 48.5 Å². The van der Waals surface area contributed by atoms with Crippen LogP contribution < -0.4 is 5.32 Å². The second-order valence-electron chi connectivity index (χ2n) is 6.40. The third-order valence-corrected chi connectivity index (χ3v) is 4.39. The van der Waals surface area contributed by atoms with Gasteiger partial charge in [0.25, 0.3) is 0 Å². The van der Waals surface area contributed by atoms with Crippen LogP contribution >= 0.6 is 0 Å². The SMILES string of the molecule is O=C(N[C@H]1CCC(=O)[C@@H](OC(=O)c2ccccc2)C1)OCc1ccccc1. The number of esters is 1. The number of Topliss-reactive ketones (excluding diaryl/α,β-unsaturated/α-hetero) is 1. The monoisotopic (exact) mass is 367 g/mol. The average Bonchev–Trinajstić information content (AvgIpc) is 2.70. The van der Waals surface area contributed by atoms with Crippen LogP contribution in [0.15, 0.2) is 60.7 Å². The first kappa shape index (κ1) is 18.6. The first-order valence-corrected chi connectivity index (χ1v) is 8.88. The van der Waals surface area contributed by atoms with E-state index < -0.39 is 18.2 Å². The van der Waals surface area contributed by atoms with Gasteiger partial charge < -0.3 is 14.8 Å². The zero-order valence-electron chi connectivity index (χ0n) is 14.8. The molecule has 0 saturated heterocycles. The Labute approximate surface area is 157 Å². The Kier molecular flexibility index (Phi) is 6.20. The maximum atomic E-state index is 12.2. The lowest BCUT2D eigenvalue weighted by atomic mass is 9.91. The molecule has 0 spiro atoms. The van der Waals surface area contributed by atoms with Gasteiger partial charge in [-0.2, -0.15) is 0 Å². The van der Waals surface area contributed by atoms with E-state index in [1.54, 1.807) is 30.3 Å². The Morgan fingerprint density at radius 1 is 1.00 bits per heavy atom. The molecule has 6 heteroatoms. The average molecular weight is 367 g/mol. The lowest BCUT2D eigenvalue weighted by molar-refractivity contribution is -0.130. The summed E-state index contributed by atoms with van der Waals surface area (Å²) < 4.78 is 10.6. The van der Waals surface area contributed by atoms with E-state index in [-0.39, 0.29) is 31.3 Å². The van der Waals surface area contributed by atoms with Crippen LogP contribution in [-0.4, -0.2) is 30.0 Å². The Bertz CT molecular complexity index is 791. The molecule has 2 aromatic rings. The summed E-state index contributed by atoms with van der Waals surface area (Å²) in [7, 11) is 0. The summed E-state index contributed by atoms with van der Waals surface area (Å²) in [5.74, 6) is -0.670. The number of carbonyl (C=O) groups is 3. The van der Waals surface area contributed by atoms with Crippen LogP contribution in [0.1, 0.15) is 35.2 Å². The number of alkyl carbamates (subject to hydrolysis) is 1. The molecule has 0 bridgehead atoms. The summed E-state index contributed by atoms with van der Waals surface area (Å²) in [6, 6.07) is 17.6. The maximum absolute atomic E-state index is 12.2. The highest BCUT2D eigenvalue weighted by Crippen LogP contribution is 2.20. The van der Waals surface area contributed by atoms with E-state index >= 15 is 0 Å².